The fourth-order valence-electron chi connectivity index (χ4n) is 1.17. The SMILES string of the molecule is CC[C@@H](N)[C@H](O)c1cccc(C)n1. The Bertz CT molecular complexity index is 275. The summed E-state index contributed by atoms with van der Waals surface area (Å²) in [5, 5.41) is 9.73. The van der Waals surface area contributed by atoms with E-state index in [2.05, 4.69) is 4.98 Å². The standard InChI is InChI=1S/C10H16N2O/c1-3-8(11)10(13)9-6-4-5-7(2)12-9/h4-6,8,10,13H,3,11H2,1-2H3/t8-,10+/m1/s1. The Morgan fingerprint density at radius 2 is 2.23 bits per heavy atom. The minimum atomic E-state index is -0.648. The minimum absolute atomic E-state index is 0.228. The lowest BCUT2D eigenvalue weighted by Crippen LogP contribution is -2.28. The van der Waals surface area contributed by atoms with Crippen LogP contribution in [0.3, 0.4) is 0 Å². The quantitative estimate of drug-likeness (QED) is 0.733. The molecule has 0 bridgehead atoms. The normalized spacial score (nSPS) is 15.4. The predicted octanol–water partition coefficient (Wildman–Crippen LogP) is 1.16. The van der Waals surface area contributed by atoms with Gasteiger partial charge in [0.15, 0.2) is 0 Å². The molecule has 0 aromatic carbocycles. The Kier molecular flexibility index (Phi) is 3.39. The fraction of sp³-hybridized carbons (Fsp3) is 0.500. The van der Waals surface area contributed by atoms with E-state index in [4.69, 9.17) is 5.73 Å². The number of aliphatic hydroxyl groups excluding tert-OH is 1. The van der Waals surface area contributed by atoms with Crippen LogP contribution in [-0.2, 0) is 0 Å². The van der Waals surface area contributed by atoms with Gasteiger partial charge in [-0.3, -0.25) is 4.98 Å². The van der Waals surface area contributed by atoms with Crippen LogP contribution >= 0.6 is 0 Å². The van der Waals surface area contributed by atoms with Crippen molar-refractivity contribution in [2.75, 3.05) is 0 Å². The maximum Gasteiger partial charge on any atom is 0.111 e. The number of nitrogens with two attached hydrogens (primary N) is 1. The van der Waals surface area contributed by atoms with Crippen LogP contribution in [0.4, 0.5) is 0 Å². The molecule has 13 heavy (non-hydrogen) atoms. The molecule has 0 unspecified atom stereocenters. The number of pyridine rings is 1. The summed E-state index contributed by atoms with van der Waals surface area (Å²) in [6.07, 6.45) is 0.0986. The van der Waals surface area contributed by atoms with E-state index in [0.717, 1.165) is 12.1 Å². The van der Waals surface area contributed by atoms with Crippen molar-refractivity contribution >= 4 is 0 Å². The first-order chi connectivity index (χ1) is 6.15. The average molecular weight is 180 g/mol. The first-order valence-electron chi connectivity index (χ1n) is 4.52. The summed E-state index contributed by atoms with van der Waals surface area (Å²) in [5.74, 6) is 0. The summed E-state index contributed by atoms with van der Waals surface area (Å²) in [5.41, 5.74) is 7.27. The molecule has 3 heteroatoms. The molecule has 2 atom stereocenters. The molecular weight excluding hydrogens is 164 g/mol. The molecule has 3 N–H and O–H groups in total. The van der Waals surface area contributed by atoms with Gasteiger partial charge in [0, 0.05) is 11.7 Å². The van der Waals surface area contributed by atoms with Gasteiger partial charge in [-0.05, 0) is 25.5 Å². The molecule has 0 aliphatic carbocycles. The number of aliphatic hydroxyl groups is 1. The van der Waals surface area contributed by atoms with Crippen molar-refractivity contribution in [1.82, 2.24) is 4.98 Å². The molecule has 1 rings (SSSR count). The summed E-state index contributed by atoms with van der Waals surface area (Å²) in [7, 11) is 0. The van der Waals surface area contributed by atoms with Crippen LogP contribution in [0.15, 0.2) is 18.2 Å². The maximum absolute atomic E-state index is 9.73. The Hall–Kier alpha value is -0.930. The van der Waals surface area contributed by atoms with Crippen LogP contribution in [0.2, 0.25) is 0 Å². The average Bonchev–Trinajstić information content (AvgIpc) is 2.15. The van der Waals surface area contributed by atoms with Crippen LogP contribution in [-0.4, -0.2) is 16.1 Å². The van der Waals surface area contributed by atoms with Crippen molar-refractivity contribution in [3.63, 3.8) is 0 Å². The summed E-state index contributed by atoms with van der Waals surface area (Å²) in [6, 6.07) is 5.35. The third kappa shape index (κ3) is 2.50. The Labute approximate surface area is 78.6 Å². The molecule has 0 aliphatic heterocycles. The van der Waals surface area contributed by atoms with Gasteiger partial charge in [-0.25, -0.2) is 0 Å². The van der Waals surface area contributed by atoms with Crippen molar-refractivity contribution in [2.24, 2.45) is 5.73 Å². The molecule has 1 heterocycles. The second-order valence-electron chi connectivity index (χ2n) is 3.22. The lowest BCUT2D eigenvalue weighted by molar-refractivity contribution is 0.140. The molecule has 1 aromatic rings. The van der Waals surface area contributed by atoms with E-state index >= 15 is 0 Å². The number of hydrogen-bond acceptors (Lipinski definition) is 3. The van der Waals surface area contributed by atoms with Gasteiger partial charge in [0.25, 0.3) is 0 Å². The summed E-state index contributed by atoms with van der Waals surface area (Å²) < 4.78 is 0. The zero-order valence-corrected chi connectivity index (χ0v) is 8.07. The first-order valence-corrected chi connectivity index (χ1v) is 4.52. The number of hydrogen-bond donors (Lipinski definition) is 2. The topological polar surface area (TPSA) is 59.1 Å². The van der Waals surface area contributed by atoms with Crippen LogP contribution in [0.1, 0.15) is 30.8 Å². The lowest BCUT2D eigenvalue weighted by Gasteiger charge is -2.16. The van der Waals surface area contributed by atoms with Gasteiger partial charge >= 0.3 is 0 Å². The highest BCUT2D eigenvalue weighted by Gasteiger charge is 2.15. The van der Waals surface area contributed by atoms with Gasteiger partial charge in [0.1, 0.15) is 6.10 Å². The summed E-state index contributed by atoms with van der Waals surface area (Å²) in [4.78, 5) is 4.21. The first kappa shape index (κ1) is 10.2. The van der Waals surface area contributed by atoms with Crippen molar-refractivity contribution < 1.29 is 5.11 Å². The molecule has 0 fully saturated rings. The fourth-order valence-corrected chi connectivity index (χ4v) is 1.17. The summed E-state index contributed by atoms with van der Waals surface area (Å²) in [6.45, 7) is 3.84. The largest absolute Gasteiger partial charge is 0.385 e. The van der Waals surface area contributed by atoms with Crippen LogP contribution < -0.4 is 5.73 Å². The highest BCUT2D eigenvalue weighted by Crippen LogP contribution is 2.14. The van der Waals surface area contributed by atoms with Crippen LogP contribution in [0.25, 0.3) is 0 Å². The zero-order valence-electron chi connectivity index (χ0n) is 8.07. The Balaban J connectivity index is 2.82. The van der Waals surface area contributed by atoms with Gasteiger partial charge in [0.2, 0.25) is 0 Å². The van der Waals surface area contributed by atoms with Gasteiger partial charge in [-0.2, -0.15) is 0 Å². The van der Waals surface area contributed by atoms with Crippen molar-refractivity contribution in [2.45, 2.75) is 32.4 Å². The zero-order chi connectivity index (χ0) is 9.84. The maximum atomic E-state index is 9.73. The van der Waals surface area contributed by atoms with Crippen LogP contribution in [0.5, 0.6) is 0 Å². The third-order valence-electron chi connectivity index (χ3n) is 2.09. The van der Waals surface area contributed by atoms with E-state index in [0.29, 0.717) is 5.69 Å². The smallest absolute Gasteiger partial charge is 0.111 e. The number of rotatable bonds is 3. The monoisotopic (exact) mass is 180 g/mol. The molecule has 1 aromatic heterocycles. The number of aryl methyl sites for hydroxylation is 1. The van der Waals surface area contributed by atoms with E-state index in [-0.39, 0.29) is 6.04 Å². The lowest BCUT2D eigenvalue weighted by atomic mass is 10.1. The van der Waals surface area contributed by atoms with Crippen molar-refractivity contribution in [3.05, 3.63) is 29.6 Å². The van der Waals surface area contributed by atoms with Gasteiger partial charge in [-0.15, -0.1) is 0 Å². The van der Waals surface area contributed by atoms with Crippen molar-refractivity contribution in [1.29, 1.82) is 0 Å². The highest BCUT2D eigenvalue weighted by atomic mass is 16.3. The second-order valence-corrected chi connectivity index (χ2v) is 3.22. The van der Waals surface area contributed by atoms with Gasteiger partial charge in [-0.1, -0.05) is 13.0 Å². The second kappa shape index (κ2) is 4.35. The molecule has 0 saturated heterocycles. The molecule has 3 nitrogen and oxygen atoms in total. The minimum Gasteiger partial charge on any atom is -0.385 e. The Morgan fingerprint density at radius 1 is 1.54 bits per heavy atom. The predicted molar refractivity (Wildman–Crippen MR) is 52.2 cm³/mol. The van der Waals surface area contributed by atoms with Crippen LogP contribution in [0, 0.1) is 6.92 Å². The molecular formula is C10H16N2O. The molecule has 0 radical (unpaired) electrons. The molecule has 0 aliphatic rings. The molecule has 72 valence electrons. The van der Waals surface area contributed by atoms with E-state index in [1.165, 1.54) is 0 Å². The molecule has 0 spiro atoms. The van der Waals surface area contributed by atoms with Gasteiger partial charge in [0.05, 0.1) is 5.69 Å². The van der Waals surface area contributed by atoms with Crippen molar-refractivity contribution in [3.8, 4) is 0 Å². The Morgan fingerprint density at radius 3 is 2.77 bits per heavy atom. The van der Waals surface area contributed by atoms with E-state index in [1.54, 1.807) is 6.07 Å². The summed E-state index contributed by atoms with van der Waals surface area (Å²) >= 11 is 0. The number of aromatic nitrogens is 1. The van der Waals surface area contributed by atoms with Gasteiger partial charge < -0.3 is 10.8 Å². The third-order valence-corrected chi connectivity index (χ3v) is 2.09. The van der Waals surface area contributed by atoms with E-state index in [1.807, 2.05) is 26.0 Å². The highest BCUT2D eigenvalue weighted by molar-refractivity contribution is 5.13. The van der Waals surface area contributed by atoms with E-state index in [9.17, 15) is 5.11 Å². The number of nitrogens with zero attached hydrogens (tertiary/aromatic N) is 1. The van der Waals surface area contributed by atoms with E-state index < -0.39 is 6.10 Å². The molecule has 0 amide bonds. The molecule has 0 saturated carbocycles.